The maximum atomic E-state index is 5.54. The number of rotatable bonds is 2. The smallest absolute Gasteiger partial charge is 0.0951 e. The highest BCUT2D eigenvalue weighted by molar-refractivity contribution is 7.09. The van der Waals surface area contributed by atoms with E-state index in [-0.39, 0.29) is 0 Å². The molecule has 2 aliphatic carbocycles. The number of hydrogen-bond acceptors (Lipinski definition) is 3. The molecule has 0 saturated carbocycles. The van der Waals surface area contributed by atoms with Crippen molar-refractivity contribution in [2.24, 2.45) is 5.73 Å². The third-order valence-electron chi connectivity index (χ3n) is 2.71. The van der Waals surface area contributed by atoms with Gasteiger partial charge in [-0.25, -0.2) is 4.98 Å². The summed E-state index contributed by atoms with van der Waals surface area (Å²) in [6.07, 6.45) is 10.6. The second kappa shape index (κ2) is 3.43. The molecular weight excluding hydrogens is 204 g/mol. The molecule has 1 heterocycles. The van der Waals surface area contributed by atoms with Crippen LogP contribution in [0.1, 0.15) is 11.4 Å². The minimum Gasteiger partial charge on any atom is -0.330 e. The molecule has 1 aromatic heterocycles. The number of fused-ring (bicyclic) bond motifs is 2. The van der Waals surface area contributed by atoms with Crippen LogP contribution >= 0.6 is 11.3 Å². The second-order valence-corrected chi connectivity index (χ2v) is 4.85. The van der Waals surface area contributed by atoms with Crippen molar-refractivity contribution in [3.8, 4) is 0 Å². The molecule has 76 valence electrons. The highest BCUT2D eigenvalue weighted by Crippen LogP contribution is 2.23. The summed E-state index contributed by atoms with van der Waals surface area (Å²) >= 11 is 1.78. The lowest BCUT2D eigenvalue weighted by Crippen LogP contribution is -2.19. The van der Waals surface area contributed by atoms with Gasteiger partial charge in [-0.05, 0) is 30.2 Å². The largest absolute Gasteiger partial charge is 0.330 e. The standard InChI is InChI=1S/C12H12N2S/c13-6-5-11-14-12-9-4-2-1-3-8(9)7-10(12)15-11/h1-3,7H,4-6,13H2. The lowest BCUT2D eigenvalue weighted by molar-refractivity contribution is 0.946. The number of aromatic nitrogens is 1. The minimum atomic E-state index is 0.685. The molecule has 15 heavy (non-hydrogen) atoms. The van der Waals surface area contributed by atoms with Gasteiger partial charge >= 0.3 is 0 Å². The Morgan fingerprint density at radius 3 is 3.27 bits per heavy atom. The van der Waals surface area contributed by atoms with Crippen LogP contribution in [0.25, 0.3) is 11.6 Å². The van der Waals surface area contributed by atoms with Gasteiger partial charge in [-0.2, -0.15) is 0 Å². The number of nitrogens with two attached hydrogens (primary N) is 1. The molecule has 0 amide bonds. The second-order valence-electron chi connectivity index (χ2n) is 3.74. The molecule has 0 fully saturated rings. The van der Waals surface area contributed by atoms with Crippen LogP contribution in [0.3, 0.4) is 0 Å². The first kappa shape index (κ1) is 9.07. The van der Waals surface area contributed by atoms with E-state index in [1.807, 2.05) is 0 Å². The van der Waals surface area contributed by atoms with Crippen LogP contribution < -0.4 is 15.6 Å². The molecule has 0 atom stereocenters. The molecule has 0 radical (unpaired) electrons. The van der Waals surface area contributed by atoms with Crippen LogP contribution in [-0.4, -0.2) is 11.5 Å². The third kappa shape index (κ3) is 1.39. The molecule has 0 bridgehead atoms. The summed E-state index contributed by atoms with van der Waals surface area (Å²) in [5.41, 5.74) is 8.26. The molecule has 0 aliphatic heterocycles. The van der Waals surface area contributed by atoms with Crippen molar-refractivity contribution in [1.29, 1.82) is 0 Å². The van der Waals surface area contributed by atoms with Gasteiger partial charge in [-0.1, -0.05) is 18.2 Å². The van der Waals surface area contributed by atoms with Crippen molar-refractivity contribution in [2.45, 2.75) is 12.8 Å². The molecule has 0 spiro atoms. The predicted molar refractivity (Wildman–Crippen MR) is 63.8 cm³/mol. The van der Waals surface area contributed by atoms with Crippen LogP contribution in [0.4, 0.5) is 0 Å². The molecule has 3 heteroatoms. The number of hydrogen-bond donors (Lipinski definition) is 1. The van der Waals surface area contributed by atoms with Crippen molar-refractivity contribution in [2.75, 3.05) is 6.54 Å². The van der Waals surface area contributed by atoms with Gasteiger partial charge in [0.1, 0.15) is 0 Å². The Morgan fingerprint density at radius 1 is 1.47 bits per heavy atom. The highest BCUT2D eigenvalue weighted by Gasteiger charge is 2.15. The van der Waals surface area contributed by atoms with E-state index in [1.165, 1.54) is 26.0 Å². The zero-order chi connectivity index (χ0) is 10.3. The van der Waals surface area contributed by atoms with Gasteiger partial charge < -0.3 is 5.73 Å². The van der Waals surface area contributed by atoms with E-state index in [2.05, 4.69) is 29.3 Å². The quantitative estimate of drug-likeness (QED) is 0.781. The molecule has 0 aromatic carbocycles. The average molecular weight is 216 g/mol. The summed E-state index contributed by atoms with van der Waals surface area (Å²) in [6.45, 7) is 0.685. The van der Waals surface area contributed by atoms with Gasteiger partial charge in [0.25, 0.3) is 0 Å². The van der Waals surface area contributed by atoms with Crippen molar-refractivity contribution in [3.63, 3.8) is 0 Å². The molecule has 0 saturated heterocycles. The van der Waals surface area contributed by atoms with Crippen LogP contribution in [-0.2, 0) is 6.42 Å². The molecule has 2 N–H and O–H groups in total. The van der Waals surface area contributed by atoms with Gasteiger partial charge in [0.15, 0.2) is 0 Å². The van der Waals surface area contributed by atoms with Gasteiger partial charge in [-0.3, -0.25) is 0 Å². The van der Waals surface area contributed by atoms with E-state index in [0.717, 1.165) is 12.8 Å². The monoisotopic (exact) mass is 216 g/mol. The Morgan fingerprint density at radius 2 is 2.40 bits per heavy atom. The van der Waals surface area contributed by atoms with E-state index in [4.69, 9.17) is 5.73 Å². The van der Waals surface area contributed by atoms with Crippen LogP contribution in [0.2, 0.25) is 0 Å². The van der Waals surface area contributed by atoms with E-state index in [1.54, 1.807) is 11.3 Å². The first-order chi connectivity index (χ1) is 7.38. The van der Waals surface area contributed by atoms with Crippen molar-refractivity contribution >= 4 is 23.0 Å². The normalized spacial score (nSPS) is 17.1. The van der Waals surface area contributed by atoms with Gasteiger partial charge in [0, 0.05) is 6.42 Å². The fourth-order valence-electron chi connectivity index (χ4n) is 2.01. The van der Waals surface area contributed by atoms with Gasteiger partial charge in [0.05, 0.1) is 14.9 Å². The molecule has 3 rings (SSSR count). The average Bonchev–Trinajstić information content (AvgIpc) is 2.75. The summed E-state index contributed by atoms with van der Waals surface area (Å²) in [5.74, 6) is 0. The summed E-state index contributed by atoms with van der Waals surface area (Å²) < 4.78 is 1.31. The third-order valence-corrected chi connectivity index (χ3v) is 3.77. The molecule has 2 aliphatic rings. The zero-order valence-electron chi connectivity index (χ0n) is 8.36. The van der Waals surface area contributed by atoms with Gasteiger partial charge in [-0.15, -0.1) is 11.3 Å². The highest BCUT2D eigenvalue weighted by atomic mass is 32.1. The number of nitrogens with zero attached hydrogens (tertiary/aromatic N) is 1. The molecule has 2 nitrogen and oxygen atoms in total. The van der Waals surface area contributed by atoms with E-state index in [0.29, 0.717) is 6.54 Å². The Kier molecular flexibility index (Phi) is 2.08. The number of allylic oxidation sites excluding steroid dienone is 4. The minimum absolute atomic E-state index is 0.685. The SMILES string of the molecule is NCCc1nc2c(s1)=CC1=CC=CCC=21. The Labute approximate surface area is 92.1 Å². The summed E-state index contributed by atoms with van der Waals surface area (Å²) in [4.78, 5) is 4.66. The van der Waals surface area contributed by atoms with E-state index in [9.17, 15) is 0 Å². The molecular formula is C12H12N2S. The predicted octanol–water partition coefficient (Wildman–Crippen LogP) is 0.475. The Hall–Kier alpha value is -1.19. The topological polar surface area (TPSA) is 38.9 Å². The number of thiazole rings is 1. The summed E-state index contributed by atoms with van der Waals surface area (Å²) in [7, 11) is 0. The maximum Gasteiger partial charge on any atom is 0.0951 e. The first-order valence-corrected chi connectivity index (χ1v) is 5.98. The lowest BCUT2D eigenvalue weighted by atomic mass is 10.0. The van der Waals surface area contributed by atoms with Crippen molar-refractivity contribution < 1.29 is 0 Å². The fourth-order valence-corrected chi connectivity index (χ4v) is 3.07. The van der Waals surface area contributed by atoms with E-state index < -0.39 is 0 Å². The zero-order valence-corrected chi connectivity index (χ0v) is 9.18. The van der Waals surface area contributed by atoms with Crippen molar-refractivity contribution in [3.05, 3.63) is 38.7 Å². The lowest BCUT2D eigenvalue weighted by Gasteiger charge is -2.04. The summed E-state index contributed by atoms with van der Waals surface area (Å²) in [6, 6.07) is 0. The maximum absolute atomic E-state index is 5.54. The Balaban J connectivity index is 2.17. The van der Waals surface area contributed by atoms with E-state index >= 15 is 0 Å². The Bertz CT molecular complexity index is 575. The van der Waals surface area contributed by atoms with Gasteiger partial charge in [0.2, 0.25) is 0 Å². The first-order valence-electron chi connectivity index (χ1n) is 5.16. The van der Waals surface area contributed by atoms with Crippen LogP contribution in [0.15, 0.2) is 23.8 Å². The fraction of sp³-hybridized carbons (Fsp3) is 0.250. The molecule has 0 unspecified atom stereocenters. The molecule has 1 aromatic rings. The van der Waals surface area contributed by atoms with Crippen molar-refractivity contribution in [1.82, 2.24) is 4.98 Å². The van der Waals surface area contributed by atoms with Crippen LogP contribution in [0, 0.1) is 0 Å². The summed E-state index contributed by atoms with van der Waals surface area (Å²) in [5, 5.41) is 2.36. The van der Waals surface area contributed by atoms with Crippen LogP contribution in [0.5, 0.6) is 0 Å².